The second kappa shape index (κ2) is 12.1. The Kier molecular flexibility index (Phi) is 8.20. The van der Waals surface area contributed by atoms with E-state index >= 15 is 0 Å². The highest BCUT2D eigenvalue weighted by Crippen LogP contribution is 2.33. The van der Waals surface area contributed by atoms with E-state index in [1.807, 2.05) is 50.2 Å². The van der Waals surface area contributed by atoms with E-state index in [1.165, 1.54) is 0 Å². The number of aliphatic hydroxyl groups is 1. The fourth-order valence-electron chi connectivity index (χ4n) is 4.50. The number of para-hydroxylation sites is 1. The minimum Gasteiger partial charge on any atom is -0.490 e. The molecule has 1 atom stereocenters. The smallest absolute Gasteiger partial charge is 0.251 e. The van der Waals surface area contributed by atoms with Gasteiger partial charge in [-0.05, 0) is 80.6 Å². The zero-order valence-corrected chi connectivity index (χ0v) is 23.0. The van der Waals surface area contributed by atoms with Gasteiger partial charge in [-0.15, -0.1) is 0 Å². The van der Waals surface area contributed by atoms with Gasteiger partial charge in [-0.1, -0.05) is 24.3 Å². The quantitative estimate of drug-likeness (QED) is 0.173. The first-order chi connectivity index (χ1) is 19.8. The fourth-order valence-corrected chi connectivity index (χ4v) is 4.50. The molecule has 0 radical (unpaired) electrons. The highest BCUT2D eigenvalue weighted by Gasteiger charge is 2.21. The monoisotopic (exact) mass is 548 g/mol. The van der Waals surface area contributed by atoms with E-state index in [9.17, 15) is 9.90 Å². The number of hydrogen-bond donors (Lipinski definition) is 4. The summed E-state index contributed by atoms with van der Waals surface area (Å²) in [6, 6.07) is 29.7. The van der Waals surface area contributed by atoms with Gasteiger partial charge in [-0.2, -0.15) is 5.26 Å². The van der Waals surface area contributed by atoms with Gasteiger partial charge in [0.2, 0.25) is 0 Å². The van der Waals surface area contributed by atoms with Crippen LogP contribution in [0.25, 0.3) is 21.8 Å². The number of nitriles is 1. The predicted molar refractivity (Wildman–Crippen MR) is 159 cm³/mol. The molecule has 4 aromatic carbocycles. The number of amides is 1. The molecule has 0 spiro atoms. The van der Waals surface area contributed by atoms with Crippen molar-refractivity contribution in [2.75, 3.05) is 19.7 Å². The summed E-state index contributed by atoms with van der Waals surface area (Å²) in [5.74, 6) is 1.71. The summed E-state index contributed by atoms with van der Waals surface area (Å²) in [7, 11) is 0. The molecule has 0 aliphatic rings. The molecule has 0 unspecified atom stereocenters. The number of H-pyrrole nitrogens is 1. The van der Waals surface area contributed by atoms with E-state index < -0.39 is 11.6 Å². The third-order valence-corrected chi connectivity index (χ3v) is 6.77. The molecule has 0 saturated carbocycles. The number of fused-ring (bicyclic) bond motifs is 3. The molecule has 41 heavy (non-hydrogen) atoms. The average molecular weight is 549 g/mol. The Labute approximate surface area is 238 Å². The lowest BCUT2D eigenvalue weighted by atomic mass is 10.0. The molecule has 5 rings (SSSR count). The molecule has 8 heteroatoms. The molecule has 1 heterocycles. The molecule has 1 amide bonds. The summed E-state index contributed by atoms with van der Waals surface area (Å²) in [5, 5.41) is 27.9. The van der Waals surface area contributed by atoms with Crippen LogP contribution in [0.2, 0.25) is 0 Å². The van der Waals surface area contributed by atoms with Crippen molar-refractivity contribution in [3.63, 3.8) is 0 Å². The van der Waals surface area contributed by atoms with E-state index in [2.05, 4.69) is 27.8 Å². The Hall–Kier alpha value is -4.84. The summed E-state index contributed by atoms with van der Waals surface area (Å²) in [6.45, 7) is 4.71. The first-order valence-corrected chi connectivity index (χ1v) is 13.4. The van der Waals surface area contributed by atoms with Gasteiger partial charge in [-0.25, -0.2) is 0 Å². The third-order valence-electron chi connectivity index (χ3n) is 6.77. The normalized spacial score (nSPS) is 12.1. The summed E-state index contributed by atoms with van der Waals surface area (Å²) >= 11 is 0. The van der Waals surface area contributed by atoms with E-state index in [0.29, 0.717) is 35.7 Å². The van der Waals surface area contributed by atoms with Gasteiger partial charge in [0.25, 0.3) is 5.91 Å². The van der Waals surface area contributed by atoms with Crippen LogP contribution in [0.15, 0.2) is 91.0 Å². The Morgan fingerprint density at radius 2 is 1.63 bits per heavy atom. The first-order valence-electron chi connectivity index (χ1n) is 13.4. The molecule has 0 bridgehead atoms. The van der Waals surface area contributed by atoms with E-state index in [1.54, 1.807) is 48.5 Å². The van der Waals surface area contributed by atoms with Crippen molar-refractivity contribution in [1.82, 2.24) is 15.6 Å². The molecule has 4 N–H and O–H groups in total. The first kappa shape index (κ1) is 27.7. The van der Waals surface area contributed by atoms with Gasteiger partial charge in [0.05, 0.1) is 17.1 Å². The number of aromatic amines is 1. The minimum atomic E-state index is -0.742. The zero-order chi connectivity index (χ0) is 28.8. The molecule has 5 aromatic rings. The van der Waals surface area contributed by atoms with Crippen molar-refractivity contribution >= 4 is 27.7 Å². The Balaban J connectivity index is 1.09. The number of nitrogens with zero attached hydrogens (tertiary/aromatic N) is 1. The lowest BCUT2D eigenvalue weighted by molar-refractivity contribution is 0.0915. The van der Waals surface area contributed by atoms with Gasteiger partial charge in [0.15, 0.2) is 0 Å². The van der Waals surface area contributed by atoms with Crippen LogP contribution in [-0.4, -0.2) is 47.3 Å². The van der Waals surface area contributed by atoms with Gasteiger partial charge in [0, 0.05) is 40.5 Å². The molecular formula is C33H32N4O4. The van der Waals surface area contributed by atoms with Crippen LogP contribution in [0.5, 0.6) is 17.2 Å². The maximum absolute atomic E-state index is 12.7. The molecule has 208 valence electrons. The highest BCUT2D eigenvalue weighted by molar-refractivity contribution is 6.10. The second-order valence-corrected chi connectivity index (χ2v) is 10.5. The van der Waals surface area contributed by atoms with E-state index in [0.717, 1.165) is 27.6 Å². The van der Waals surface area contributed by atoms with E-state index in [-0.39, 0.29) is 12.5 Å². The van der Waals surface area contributed by atoms with Crippen molar-refractivity contribution in [2.24, 2.45) is 0 Å². The van der Waals surface area contributed by atoms with Gasteiger partial charge in [0.1, 0.15) is 30.0 Å². The van der Waals surface area contributed by atoms with Crippen molar-refractivity contribution < 1.29 is 19.4 Å². The maximum Gasteiger partial charge on any atom is 0.251 e. The SMILES string of the molecule is CC(C)(CNC(=O)c1ccc(Oc2ccc(C#N)cc2)cc1)NC[C@H](O)COc1cccc2[nH]c3ccccc3c12. The molecule has 8 nitrogen and oxygen atoms in total. The molecular weight excluding hydrogens is 516 g/mol. The summed E-state index contributed by atoms with van der Waals surface area (Å²) in [5.41, 5.74) is 2.63. The number of rotatable bonds is 11. The zero-order valence-electron chi connectivity index (χ0n) is 23.0. The lowest BCUT2D eigenvalue weighted by Crippen LogP contribution is -2.51. The number of carbonyl (C=O) groups excluding carboxylic acids is 1. The van der Waals surface area contributed by atoms with Crippen LogP contribution < -0.4 is 20.1 Å². The van der Waals surface area contributed by atoms with Crippen LogP contribution in [0, 0.1) is 11.3 Å². The maximum atomic E-state index is 12.7. The van der Waals surface area contributed by atoms with Gasteiger partial charge >= 0.3 is 0 Å². The Bertz CT molecular complexity index is 1690. The summed E-state index contributed by atoms with van der Waals surface area (Å²) in [4.78, 5) is 16.1. The lowest BCUT2D eigenvalue weighted by Gasteiger charge is -2.28. The van der Waals surface area contributed by atoms with Crippen LogP contribution in [0.3, 0.4) is 0 Å². The molecule has 0 aliphatic heterocycles. The van der Waals surface area contributed by atoms with Crippen molar-refractivity contribution in [2.45, 2.75) is 25.5 Å². The highest BCUT2D eigenvalue weighted by atomic mass is 16.5. The number of benzene rings is 4. The number of carbonyl (C=O) groups is 1. The van der Waals surface area contributed by atoms with Crippen LogP contribution in [0.1, 0.15) is 29.8 Å². The van der Waals surface area contributed by atoms with Crippen molar-refractivity contribution in [3.05, 3.63) is 102 Å². The third kappa shape index (κ3) is 6.84. The van der Waals surface area contributed by atoms with Gasteiger partial charge < -0.3 is 30.2 Å². The standard InChI is InChI=1S/C33H32N4O4/c1-33(2,21-35-32(39)23-12-16-26(17-13-23)41-25-14-10-22(18-34)11-15-25)36-19-24(38)20-40-30-9-5-8-29-31(30)27-6-3-4-7-28(27)37-29/h3-17,24,36-38H,19-21H2,1-2H3,(H,35,39)/t24-/m0/s1. The molecule has 1 aromatic heterocycles. The number of β-amino-alcohol motifs (C(OH)–C–C–N with tert-alkyl or cyclic N) is 1. The van der Waals surface area contributed by atoms with Crippen molar-refractivity contribution in [1.29, 1.82) is 5.26 Å². The Morgan fingerprint density at radius 1 is 0.951 bits per heavy atom. The van der Waals surface area contributed by atoms with Gasteiger partial charge in [-0.3, -0.25) is 4.79 Å². The van der Waals surface area contributed by atoms with Crippen LogP contribution in [-0.2, 0) is 0 Å². The van der Waals surface area contributed by atoms with Crippen molar-refractivity contribution in [3.8, 4) is 23.3 Å². The summed E-state index contributed by atoms with van der Waals surface area (Å²) < 4.78 is 11.8. The number of hydrogen-bond acceptors (Lipinski definition) is 6. The fraction of sp³-hybridized carbons (Fsp3) is 0.212. The Morgan fingerprint density at radius 3 is 2.37 bits per heavy atom. The largest absolute Gasteiger partial charge is 0.490 e. The summed E-state index contributed by atoms with van der Waals surface area (Å²) in [6.07, 6.45) is -0.742. The predicted octanol–water partition coefficient (Wildman–Crippen LogP) is 5.52. The minimum absolute atomic E-state index is 0.130. The number of aromatic nitrogens is 1. The number of aliphatic hydroxyl groups excluding tert-OH is 1. The van der Waals surface area contributed by atoms with Crippen LogP contribution >= 0.6 is 0 Å². The number of nitrogens with one attached hydrogen (secondary N) is 3. The van der Waals surface area contributed by atoms with E-state index in [4.69, 9.17) is 14.7 Å². The average Bonchev–Trinajstić information content (AvgIpc) is 3.38. The topological polar surface area (TPSA) is 119 Å². The van der Waals surface area contributed by atoms with Crippen LogP contribution in [0.4, 0.5) is 0 Å². The molecule has 0 aliphatic carbocycles. The second-order valence-electron chi connectivity index (χ2n) is 10.5. The molecule has 0 fully saturated rings. The number of ether oxygens (including phenoxy) is 2. The molecule has 0 saturated heterocycles.